The van der Waals surface area contributed by atoms with E-state index in [4.69, 9.17) is 4.74 Å². The molecule has 1 atom stereocenters. The van der Waals surface area contributed by atoms with Gasteiger partial charge in [-0.3, -0.25) is 9.69 Å². The Morgan fingerprint density at radius 1 is 1.26 bits per heavy atom. The SMILES string of the molecule is CC(=O)NCC1CN(c2cc(F)c(N3CCC(c4nnn(C)n4)CC3)c(F)c2)C(=O)O1. The number of piperidine rings is 1. The molecule has 4 rings (SSSR count). The van der Waals surface area contributed by atoms with Gasteiger partial charge in [-0.2, -0.15) is 4.80 Å². The van der Waals surface area contributed by atoms with E-state index in [0.29, 0.717) is 31.8 Å². The summed E-state index contributed by atoms with van der Waals surface area (Å²) in [5.74, 6) is -1.02. The number of tetrazole rings is 1. The molecule has 2 amide bonds. The van der Waals surface area contributed by atoms with Gasteiger partial charge in [-0.05, 0) is 18.1 Å². The van der Waals surface area contributed by atoms with Gasteiger partial charge in [0.2, 0.25) is 5.91 Å². The summed E-state index contributed by atoms with van der Waals surface area (Å²) < 4.78 is 34.9. The zero-order valence-electron chi connectivity index (χ0n) is 17.2. The van der Waals surface area contributed by atoms with Crippen molar-refractivity contribution in [2.45, 2.75) is 31.8 Å². The third-order valence-corrected chi connectivity index (χ3v) is 5.47. The maximum absolute atomic E-state index is 14.9. The second kappa shape index (κ2) is 8.44. The highest BCUT2D eigenvalue weighted by atomic mass is 19.1. The Morgan fingerprint density at radius 3 is 2.52 bits per heavy atom. The summed E-state index contributed by atoms with van der Waals surface area (Å²) in [5.41, 5.74) is -0.0376. The quantitative estimate of drug-likeness (QED) is 0.755. The lowest BCUT2D eigenvalue weighted by atomic mass is 9.95. The van der Waals surface area contributed by atoms with Crippen molar-refractivity contribution >= 4 is 23.4 Å². The molecule has 1 N–H and O–H groups in total. The van der Waals surface area contributed by atoms with Gasteiger partial charge in [0.15, 0.2) is 17.5 Å². The van der Waals surface area contributed by atoms with E-state index in [1.54, 1.807) is 11.9 Å². The van der Waals surface area contributed by atoms with Gasteiger partial charge in [0.1, 0.15) is 11.8 Å². The first-order valence-corrected chi connectivity index (χ1v) is 10.0. The van der Waals surface area contributed by atoms with Gasteiger partial charge in [0.25, 0.3) is 0 Å². The molecule has 31 heavy (non-hydrogen) atoms. The normalized spacial score (nSPS) is 19.6. The Morgan fingerprint density at radius 2 is 1.94 bits per heavy atom. The summed E-state index contributed by atoms with van der Waals surface area (Å²) in [6, 6.07) is 2.27. The molecule has 3 heterocycles. The van der Waals surface area contributed by atoms with Crippen LogP contribution in [0.4, 0.5) is 25.0 Å². The molecule has 0 saturated carbocycles. The number of nitrogens with one attached hydrogen (secondary N) is 1. The van der Waals surface area contributed by atoms with Crippen molar-refractivity contribution in [1.82, 2.24) is 25.5 Å². The molecule has 0 aliphatic carbocycles. The minimum atomic E-state index is -0.746. The predicted molar refractivity (Wildman–Crippen MR) is 106 cm³/mol. The highest BCUT2D eigenvalue weighted by molar-refractivity contribution is 5.90. The van der Waals surface area contributed by atoms with Gasteiger partial charge >= 0.3 is 6.09 Å². The van der Waals surface area contributed by atoms with Crippen LogP contribution >= 0.6 is 0 Å². The lowest BCUT2D eigenvalue weighted by Crippen LogP contribution is -2.35. The highest BCUT2D eigenvalue weighted by Crippen LogP contribution is 2.34. The zero-order chi connectivity index (χ0) is 22.1. The van der Waals surface area contributed by atoms with Gasteiger partial charge in [-0.15, -0.1) is 10.2 Å². The van der Waals surface area contributed by atoms with Crippen LogP contribution in [-0.2, 0) is 16.6 Å². The summed E-state index contributed by atoms with van der Waals surface area (Å²) >= 11 is 0. The molecule has 0 spiro atoms. The van der Waals surface area contributed by atoms with Crippen LogP contribution in [0.3, 0.4) is 0 Å². The molecule has 1 aromatic heterocycles. The number of benzene rings is 1. The van der Waals surface area contributed by atoms with Crippen LogP contribution in [0.2, 0.25) is 0 Å². The summed E-state index contributed by atoms with van der Waals surface area (Å²) in [6.45, 7) is 2.47. The first-order valence-electron chi connectivity index (χ1n) is 10.0. The van der Waals surface area contributed by atoms with E-state index in [9.17, 15) is 18.4 Å². The van der Waals surface area contributed by atoms with Crippen molar-refractivity contribution < 1.29 is 23.1 Å². The number of carbonyl (C=O) groups excluding carboxylic acids is 2. The average Bonchev–Trinajstić information content (AvgIpc) is 3.32. The topological polar surface area (TPSA) is 105 Å². The fourth-order valence-corrected chi connectivity index (χ4v) is 3.93. The lowest BCUT2D eigenvalue weighted by molar-refractivity contribution is -0.119. The fraction of sp³-hybridized carbons (Fsp3) is 0.526. The second-order valence-electron chi connectivity index (χ2n) is 7.71. The van der Waals surface area contributed by atoms with Crippen molar-refractivity contribution in [1.29, 1.82) is 0 Å². The van der Waals surface area contributed by atoms with Crippen LogP contribution in [-0.4, -0.2) is 64.5 Å². The van der Waals surface area contributed by atoms with E-state index in [2.05, 4.69) is 20.7 Å². The number of aryl methyl sites for hydroxylation is 1. The Hall–Kier alpha value is -3.31. The van der Waals surface area contributed by atoms with Crippen LogP contribution in [0.5, 0.6) is 0 Å². The largest absolute Gasteiger partial charge is 0.442 e. The van der Waals surface area contributed by atoms with Gasteiger partial charge in [-0.25, -0.2) is 13.6 Å². The number of rotatable bonds is 5. The number of ether oxygens (including phenoxy) is 1. The first-order chi connectivity index (χ1) is 14.8. The minimum Gasteiger partial charge on any atom is -0.442 e. The summed E-state index contributed by atoms with van der Waals surface area (Å²) in [5, 5.41) is 14.6. The molecule has 2 aliphatic rings. The number of cyclic esters (lactones) is 1. The van der Waals surface area contributed by atoms with Gasteiger partial charge in [-0.1, -0.05) is 0 Å². The van der Waals surface area contributed by atoms with Crippen molar-refractivity contribution in [3.05, 3.63) is 29.6 Å². The number of halogens is 2. The lowest BCUT2D eigenvalue weighted by Gasteiger charge is -2.33. The van der Waals surface area contributed by atoms with Crippen LogP contribution in [0.1, 0.15) is 31.5 Å². The van der Waals surface area contributed by atoms with Crippen LogP contribution in [0.25, 0.3) is 0 Å². The standard InChI is InChI=1S/C19H23F2N7O3/c1-11(29)22-9-14-10-28(19(30)31-14)13-7-15(20)17(16(21)8-13)27-5-3-12(4-6-27)18-23-25-26(2)24-18/h7-8,12,14H,3-6,9-10H2,1-2H3,(H,22,29). The monoisotopic (exact) mass is 435 g/mol. The molecule has 1 aromatic carbocycles. The summed E-state index contributed by atoms with van der Waals surface area (Å²) in [7, 11) is 1.69. The molecule has 2 saturated heterocycles. The average molecular weight is 435 g/mol. The van der Waals surface area contributed by atoms with E-state index < -0.39 is 23.8 Å². The Balaban J connectivity index is 1.44. The second-order valence-corrected chi connectivity index (χ2v) is 7.71. The fourth-order valence-electron chi connectivity index (χ4n) is 3.93. The molecule has 2 aliphatic heterocycles. The Labute approximate surface area is 177 Å². The molecule has 1 unspecified atom stereocenters. The predicted octanol–water partition coefficient (Wildman–Crippen LogP) is 1.33. The van der Waals surface area contributed by atoms with E-state index in [1.165, 1.54) is 11.7 Å². The number of aromatic nitrogens is 4. The molecular weight excluding hydrogens is 412 g/mol. The van der Waals surface area contributed by atoms with E-state index in [-0.39, 0.29) is 36.3 Å². The number of hydrogen-bond donors (Lipinski definition) is 1. The number of amides is 2. The van der Waals surface area contributed by atoms with Gasteiger partial charge in [0.05, 0.1) is 25.8 Å². The highest BCUT2D eigenvalue weighted by Gasteiger charge is 2.34. The maximum Gasteiger partial charge on any atom is 0.414 e. The smallest absolute Gasteiger partial charge is 0.414 e. The molecule has 10 nitrogen and oxygen atoms in total. The third kappa shape index (κ3) is 4.42. The molecule has 12 heteroatoms. The Bertz CT molecular complexity index is 968. The number of nitrogens with zero attached hydrogens (tertiary/aromatic N) is 6. The summed E-state index contributed by atoms with van der Waals surface area (Å²) in [4.78, 5) is 27.4. The molecule has 166 valence electrons. The molecule has 2 fully saturated rings. The van der Waals surface area contributed by atoms with E-state index >= 15 is 0 Å². The van der Waals surface area contributed by atoms with Crippen LogP contribution < -0.4 is 15.1 Å². The van der Waals surface area contributed by atoms with Gasteiger partial charge < -0.3 is 15.0 Å². The van der Waals surface area contributed by atoms with Crippen molar-refractivity contribution in [2.75, 3.05) is 36.0 Å². The van der Waals surface area contributed by atoms with Crippen LogP contribution in [0.15, 0.2) is 12.1 Å². The maximum atomic E-state index is 14.9. The number of carbonyl (C=O) groups is 2. The third-order valence-electron chi connectivity index (χ3n) is 5.47. The zero-order valence-corrected chi connectivity index (χ0v) is 17.2. The van der Waals surface area contributed by atoms with Crippen molar-refractivity contribution in [3.8, 4) is 0 Å². The van der Waals surface area contributed by atoms with E-state index in [0.717, 1.165) is 17.0 Å². The van der Waals surface area contributed by atoms with E-state index in [1.807, 2.05) is 0 Å². The number of anilines is 2. The summed E-state index contributed by atoms with van der Waals surface area (Å²) in [6.07, 6.45) is 0.000639. The van der Waals surface area contributed by atoms with Crippen LogP contribution in [0, 0.1) is 11.6 Å². The molecule has 2 aromatic rings. The van der Waals surface area contributed by atoms with Gasteiger partial charge in [0, 0.05) is 38.1 Å². The molecule has 0 radical (unpaired) electrons. The first kappa shape index (κ1) is 20.9. The molecular formula is C19H23F2N7O3. The number of hydrogen-bond acceptors (Lipinski definition) is 7. The van der Waals surface area contributed by atoms with Crippen molar-refractivity contribution in [3.63, 3.8) is 0 Å². The Kier molecular flexibility index (Phi) is 5.70. The van der Waals surface area contributed by atoms with Crippen molar-refractivity contribution in [2.24, 2.45) is 7.05 Å². The molecule has 0 bridgehead atoms. The minimum absolute atomic E-state index is 0.0766.